The predicted molar refractivity (Wildman–Crippen MR) is 78.4 cm³/mol. The average molecular weight is 325 g/mol. The van der Waals surface area contributed by atoms with Crippen LogP contribution in [0.1, 0.15) is 20.7 Å². The summed E-state index contributed by atoms with van der Waals surface area (Å²) < 4.78 is 13.2. The Labute approximate surface area is 128 Å². The molecule has 0 bridgehead atoms. The summed E-state index contributed by atoms with van der Waals surface area (Å²) in [6.07, 6.45) is 0. The molecule has 2 amide bonds. The zero-order valence-electron chi connectivity index (χ0n) is 10.4. The minimum absolute atomic E-state index is 0.0506. The predicted octanol–water partition coefficient (Wildman–Crippen LogP) is 3.52. The summed E-state index contributed by atoms with van der Waals surface area (Å²) in [6, 6.07) is 6.53. The SMILES string of the molecule is Nc1cccc2c1C(=O)N(c1c(Cl)cc(F)cc1Cl)C2=O. The lowest BCUT2D eigenvalue weighted by molar-refractivity contribution is 0.0926. The highest BCUT2D eigenvalue weighted by Gasteiger charge is 2.40. The molecule has 1 heterocycles. The van der Waals surface area contributed by atoms with Gasteiger partial charge in [0.05, 0.1) is 26.9 Å². The van der Waals surface area contributed by atoms with E-state index >= 15 is 0 Å². The van der Waals surface area contributed by atoms with E-state index in [2.05, 4.69) is 0 Å². The number of amides is 2. The van der Waals surface area contributed by atoms with Gasteiger partial charge in [-0.05, 0) is 24.3 Å². The van der Waals surface area contributed by atoms with Crippen LogP contribution in [0.3, 0.4) is 0 Å². The molecule has 2 aromatic rings. The van der Waals surface area contributed by atoms with Gasteiger partial charge in [-0.25, -0.2) is 9.29 Å². The molecule has 0 atom stereocenters. The minimum Gasteiger partial charge on any atom is -0.398 e. The molecular weight excluding hydrogens is 318 g/mol. The van der Waals surface area contributed by atoms with Gasteiger partial charge in [0.2, 0.25) is 0 Å². The third-order valence-electron chi connectivity index (χ3n) is 3.15. The lowest BCUT2D eigenvalue weighted by Gasteiger charge is -2.17. The Morgan fingerprint density at radius 2 is 1.67 bits per heavy atom. The molecule has 1 aliphatic heterocycles. The van der Waals surface area contributed by atoms with Crippen LogP contribution in [-0.2, 0) is 0 Å². The Bertz CT molecular complexity index is 785. The van der Waals surface area contributed by atoms with Crippen LogP contribution in [0.25, 0.3) is 0 Å². The summed E-state index contributed by atoms with van der Waals surface area (Å²) in [5.74, 6) is -1.90. The molecule has 0 unspecified atom stereocenters. The van der Waals surface area contributed by atoms with Crippen LogP contribution in [0.15, 0.2) is 30.3 Å². The summed E-state index contributed by atoms with van der Waals surface area (Å²) in [5.41, 5.74) is 6.13. The molecule has 2 N–H and O–H groups in total. The van der Waals surface area contributed by atoms with Crippen molar-refractivity contribution in [2.24, 2.45) is 0 Å². The van der Waals surface area contributed by atoms with Crippen molar-refractivity contribution in [1.82, 2.24) is 0 Å². The molecule has 3 rings (SSSR count). The second-order valence-corrected chi connectivity index (χ2v) is 5.25. The monoisotopic (exact) mass is 324 g/mol. The standard InChI is InChI=1S/C14H7Cl2FN2O2/c15-8-4-6(17)5-9(16)12(8)19-13(20)7-2-1-3-10(18)11(7)14(19)21/h1-5H,18H2. The molecule has 1 aliphatic rings. The smallest absolute Gasteiger partial charge is 0.268 e. The molecule has 0 saturated carbocycles. The highest BCUT2D eigenvalue weighted by Crippen LogP contribution is 2.40. The molecule has 2 aromatic carbocycles. The molecule has 0 radical (unpaired) electrons. The Balaban J connectivity index is 2.22. The highest BCUT2D eigenvalue weighted by atomic mass is 35.5. The Morgan fingerprint density at radius 3 is 2.24 bits per heavy atom. The van der Waals surface area contributed by atoms with Crippen LogP contribution in [0.4, 0.5) is 15.8 Å². The van der Waals surface area contributed by atoms with Crippen LogP contribution in [0.2, 0.25) is 10.0 Å². The lowest BCUT2D eigenvalue weighted by Crippen LogP contribution is -2.30. The van der Waals surface area contributed by atoms with Gasteiger partial charge < -0.3 is 5.73 Å². The first-order chi connectivity index (χ1) is 9.91. The lowest BCUT2D eigenvalue weighted by atomic mass is 10.1. The maximum absolute atomic E-state index is 13.2. The van der Waals surface area contributed by atoms with Crippen molar-refractivity contribution in [3.05, 3.63) is 57.3 Å². The topological polar surface area (TPSA) is 63.4 Å². The van der Waals surface area contributed by atoms with E-state index in [0.717, 1.165) is 17.0 Å². The van der Waals surface area contributed by atoms with Gasteiger partial charge in [-0.2, -0.15) is 0 Å². The number of imide groups is 1. The van der Waals surface area contributed by atoms with Gasteiger partial charge in [0.25, 0.3) is 11.8 Å². The van der Waals surface area contributed by atoms with Gasteiger partial charge in [-0.15, -0.1) is 0 Å². The summed E-state index contributed by atoms with van der Waals surface area (Å²) in [5, 5.41) is -0.263. The zero-order chi connectivity index (χ0) is 15.3. The van der Waals surface area contributed by atoms with Gasteiger partial charge in [-0.3, -0.25) is 9.59 Å². The van der Waals surface area contributed by atoms with Crippen molar-refractivity contribution in [2.45, 2.75) is 0 Å². The van der Waals surface area contributed by atoms with E-state index in [1.807, 2.05) is 0 Å². The molecule has 0 saturated heterocycles. The largest absolute Gasteiger partial charge is 0.398 e. The zero-order valence-corrected chi connectivity index (χ0v) is 11.9. The normalized spacial score (nSPS) is 13.8. The molecule has 0 aliphatic carbocycles. The van der Waals surface area contributed by atoms with Crippen LogP contribution >= 0.6 is 23.2 Å². The number of nitrogens with two attached hydrogens (primary N) is 1. The molecule has 0 fully saturated rings. The van der Waals surface area contributed by atoms with Gasteiger partial charge in [0, 0.05) is 5.69 Å². The van der Waals surface area contributed by atoms with Crippen LogP contribution in [-0.4, -0.2) is 11.8 Å². The Hall–Kier alpha value is -2.11. The number of hydrogen-bond donors (Lipinski definition) is 1. The van der Waals surface area contributed by atoms with Gasteiger partial charge in [0.1, 0.15) is 5.82 Å². The maximum atomic E-state index is 13.2. The quantitative estimate of drug-likeness (QED) is 0.644. The molecule has 0 aromatic heterocycles. The van der Waals surface area contributed by atoms with E-state index in [9.17, 15) is 14.0 Å². The molecule has 21 heavy (non-hydrogen) atoms. The van der Waals surface area contributed by atoms with E-state index in [1.54, 1.807) is 6.07 Å². The van der Waals surface area contributed by atoms with E-state index in [1.165, 1.54) is 12.1 Å². The van der Waals surface area contributed by atoms with Gasteiger partial charge in [-0.1, -0.05) is 29.3 Å². The highest BCUT2D eigenvalue weighted by molar-refractivity contribution is 6.45. The number of halogens is 3. The Morgan fingerprint density at radius 1 is 1.05 bits per heavy atom. The maximum Gasteiger partial charge on any atom is 0.268 e. The van der Waals surface area contributed by atoms with Crippen molar-refractivity contribution in [3.63, 3.8) is 0 Å². The summed E-state index contributed by atoms with van der Waals surface area (Å²) in [4.78, 5) is 25.6. The first kappa shape index (κ1) is 13.9. The van der Waals surface area contributed by atoms with Crippen molar-refractivity contribution >= 4 is 46.4 Å². The van der Waals surface area contributed by atoms with E-state index in [4.69, 9.17) is 28.9 Å². The number of anilines is 2. The number of hydrogen-bond acceptors (Lipinski definition) is 3. The van der Waals surface area contributed by atoms with E-state index < -0.39 is 17.6 Å². The van der Waals surface area contributed by atoms with Crippen LogP contribution in [0.5, 0.6) is 0 Å². The molecule has 0 spiro atoms. The number of rotatable bonds is 1. The van der Waals surface area contributed by atoms with Gasteiger partial charge >= 0.3 is 0 Å². The Kier molecular flexibility index (Phi) is 3.11. The molecule has 106 valence electrons. The third kappa shape index (κ3) is 1.97. The second kappa shape index (κ2) is 4.72. The number of carbonyl (C=O) groups excluding carboxylic acids is 2. The fourth-order valence-corrected chi connectivity index (χ4v) is 2.89. The number of nitrogen functional groups attached to an aromatic ring is 1. The van der Waals surface area contributed by atoms with Gasteiger partial charge in [0.15, 0.2) is 0 Å². The first-order valence-corrected chi connectivity index (χ1v) is 6.59. The average Bonchev–Trinajstić information content (AvgIpc) is 2.64. The minimum atomic E-state index is -0.662. The van der Waals surface area contributed by atoms with Crippen molar-refractivity contribution in [3.8, 4) is 0 Å². The van der Waals surface area contributed by atoms with Crippen LogP contribution < -0.4 is 10.6 Å². The fraction of sp³-hybridized carbons (Fsp3) is 0. The number of nitrogens with zero attached hydrogens (tertiary/aromatic N) is 1. The third-order valence-corrected chi connectivity index (χ3v) is 3.73. The van der Waals surface area contributed by atoms with Crippen molar-refractivity contribution in [2.75, 3.05) is 10.6 Å². The molecular formula is C14H7Cl2FN2O2. The number of fused-ring (bicyclic) bond motifs is 1. The first-order valence-electron chi connectivity index (χ1n) is 5.83. The van der Waals surface area contributed by atoms with E-state index in [0.29, 0.717) is 0 Å². The second-order valence-electron chi connectivity index (χ2n) is 4.43. The van der Waals surface area contributed by atoms with Crippen molar-refractivity contribution < 1.29 is 14.0 Å². The fourth-order valence-electron chi connectivity index (χ4n) is 2.26. The summed E-state index contributed by atoms with van der Waals surface area (Å²) in [6.45, 7) is 0. The molecule has 4 nitrogen and oxygen atoms in total. The van der Waals surface area contributed by atoms with Crippen molar-refractivity contribution in [1.29, 1.82) is 0 Å². The number of benzene rings is 2. The molecule has 7 heteroatoms. The van der Waals surface area contributed by atoms with E-state index in [-0.39, 0.29) is 32.5 Å². The summed E-state index contributed by atoms with van der Waals surface area (Å²) >= 11 is 11.9. The number of carbonyl (C=O) groups is 2. The van der Waals surface area contributed by atoms with Crippen LogP contribution in [0, 0.1) is 5.82 Å². The summed E-state index contributed by atoms with van der Waals surface area (Å²) in [7, 11) is 0.